The van der Waals surface area contributed by atoms with Crippen molar-refractivity contribution in [1.82, 2.24) is 4.98 Å². The fourth-order valence-electron chi connectivity index (χ4n) is 2.44. The number of carbonyl (C=O) groups is 1. The third kappa shape index (κ3) is 3.63. The molecule has 0 aliphatic heterocycles. The van der Waals surface area contributed by atoms with Crippen LogP contribution in [0.4, 0.5) is 5.69 Å². The van der Waals surface area contributed by atoms with E-state index in [0.717, 1.165) is 16.5 Å². The average Bonchev–Trinajstić information content (AvgIpc) is 2.55. The van der Waals surface area contributed by atoms with Gasteiger partial charge in [0.25, 0.3) is 5.91 Å². The van der Waals surface area contributed by atoms with Crippen molar-refractivity contribution in [2.75, 3.05) is 11.6 Å². The maximum Gasteiger partial charge on any atom is 0.255 e. The Labute approximate surface area is 137 Å². The minimum Gasteiger partial charge on any atom is -0.320 e. The maximum atomic E-state index is 12.5. The number of pyridine rings is 1. The van der Waals surface area contributed by atoms with E-state index in [2.05, 4.69) is 10.3 Å². The quantitative estimate of drug-likeness (QED) is 0.800. The molecular weight excluding hydrogens is 308 g/mol. The summed E-state index contributed by atoms with van der Waals surface area (Å²) in [5, 5.41) is 3.88. The van der Waals surface area contributed by atoms with E-state index in [9.17, 15) is 9.00 Å². The lowest BCUT2D eigenvalue weighted by Gasteiger charge is -2.09. The topological polar surface area (TPSA) is 59.1 Å². The smallest absolute Gasteiger partial charge is 0.255 e. The number of fused-ring (bicyclic) bond motifs is 1. The number of anilines is 1. The van der Waals surface area contributed by atoms with E-state index in [0.29, 0.717) is 17.0 Å². The molecule has 1 N–H and O–H groups in total. The molecule has 0 aliphatic carbocycles. The van der Waals surface area contributed by atoms with Crippen LogP contribution in [0.5, 0.6) is 0 Å². The van der Waals surface area contributed by atoms with E-state index in [-0.39, 0.29) is 5.91 Å². The lowest BCUT2D eigenvalue weighted by atomic mass is 10.1. The molecule has 1 atom stereocenters. The largest absolute Gasteiger partial charge is 0.320 e. The molecule has 4 nitrogen and oxygen atoms in total. The lowest BCUT2D eigenvalue weighted by molar-refractivity contribution is 0.102. The Balaban J connectivity index is 1.88. The molecule has 0 unspecified atom stereocenters. The van der Waals surface area contributed by atoms with Gasteiger partial charge >= 0.3 is 0 Å². The van der Waals surface area contributed by atoms with Crippen LogP contribution in [0.2, 0.25) is 0 Å². The second-order valence-electron chi connectivity index (χ2n) is 5.25. The SMILES string of the molecule is C[S@@](=O)Cc1cccc(C(=O)Nc2cccc3cccnc23)c1. The van der Waals surface area contributed by atoms with Crippen LogP contribution in [-0.2, 0) is 16.6 Å². The molecule has 0 saturated heterocycles. The number of nitrogens with zero attached hydrogens (tertiary/aromatic N) is 1. The number of hydrogen-bond donors (Lipinski definition) is 1. The van der Waals surface area contributed by atoms with Crippen molar-refractivity contribution in [3.63, 3.8) is 0 Å². The summed E-state index contributed by atoms with van der Waals surface area (Å²) in [6.07, 6.45) is 3.35. The first-order valence-corrected chi connectivity index (χ1v) is 8.90. The highest BCUT2D eigenvalue weighted by molar-refractivity contribution is 7.83. The number of aromatic nitrogens is 1. The summed E-state index contributed by atoms with van der Waals surface area (Å²) in [4.78, 5) is 16.8. The summed E-state index contributed by atoms with van der Waals surface area (Å²) in [7, 11) is -0.936. The van der Waals surface area contributed by atoms with Gasteiger partial charge in [-0.15, -0.1) is 0 Å². The summed E-state index contributed by atoms with van der Waals surface area (Å²) < 4.78 is 11.3. The first-order chi connectivity index (χ1) is 11.1. The van der Waals surface area contributed by atoms with Crippen LogP contribution in [0.1, 0.15) is 15.9 Å². The van der Waals surface area contributed by atoms with Crippen molar-refractivity contribution in [2.24, 2.45) is 0 Å². The molecule has 23 heavy (non-hydrogen) atoms. The van der Waals surface area contributed by atoms with Gasteiger partial charge in [-0.25, -0.2) is 0 Å². The predicted molar refractivity (Wildman–Crippen MR) is 93.9 cm³/mol. The first-order valence-electron chi connectivity index (χ1n) is 7.17. The van der Waals surface area contributed by atoms with Gasteiger partial charge in [0.05, 0.1) is 11.2 Å². The Hall–Kier alpha value is -2.53. The zero-order valence-electron chi connectivity index (χ0n) is 12.7. The van der Waals surface area contributed by atoms with Crippen molar-refractivity contribution in [3.8, 4) is 0 Å². The van der Waals surface area contributed by atoms with Crippen molar-refractivity contribution in [1.29, 1.82) is 0 Å². The van der Waals surface area contributed by atoms with Gasteiger partial charge in [0, 0.05) is 40.0 Å². The Morgan fingerprint density at radius 2 is 1.91 bits per heavy atom. The Morgan fingerprint density at radius 1 is 1.13 bits per heavy atom. The highest BCUT2D eigenvalue weighted by Crippen LogP contribution is 2.21. The fourth-order valence-corrected chi connectivity index (χ4v) is 3.09. The van der Waals surface area contributed by atoms with Crippen molar-refractivity contribution >= 4 is 33.3 Å². The number of amides is 1. The number of para-hydroxylation sites is 1. The number of carbonyl (C=O) groups excluding carboxylic acids is 1. The number of hydrogen-bond acceptors (Lipinski definition) is 3. The van der Waals surface area contributed by atoms with Gasteiger partial charge in [-0.3, -0.25) is 14.0 Å². The highest BCUT2D eigenvalue weighted by atomic mass is 32.2. The van der Waals surface area contributed by atoms with E-state index in [1.807, 2.05) is 36.4 Å². The number of nitrogens with one attached hydrogen (secondary N) is 1. The van der Waals surface area contributed by atoms with Crippen molar-refractivity contribution in [3.05, 3.63) is 71.9 Å². The fraction of sp³-hybridized carbons (Fsp3) is 0.111. The zero-order chi connectivity index (χ0) is 16.2. The minimum atomic E-state index is -0.936. The summed E-state index contributed by atoms with van der Waals surface area (Å²) in [6.45, 7) is 0. The van der Waals surface area contributed by atoms with Crippen LogP contribution < -0.4 is 5.32 Å². The third-order valence-corrected chi connectivity index (χ3v) is 4.18. The highest BCUT2D eigenvalue weighted by Gasteiger charge is 2.10. The second kappa shape index (κ2) is 6.71. The molecule has 116 valence electrons. The molecule has 3 aromatic rings. The molecule has 3 rings (SSSR count). The standard InChI is InChI=1S/C18H16N2O2S/c1-23(22)12-13-5-2-7-15(11-13)18(21)20-16-9-3-6-14-8-4-10-19-17(14)16/h2-11H,12H2,1H3,(H,20,21)/t23-/m1/s1. The van der Waals surface area contributed by atoms with Gasteiger partial charge in [0.2, 0.25) is 0 Å². The molecule has 0 aliphatic rings. The second-order valence-corrected chi connectivity index (χ2v) is 6.69. The third-order valence-electron chi connectivity index (χ3n) is 3.44. The predicted octanol–water partition coefficient (Wildman–Crippen LogP) is 3.37. The first kappa shape index (κ1) is 15.4. The van der Waals surface area contributed by atoms with Crippen molar-refractivity contribution < 1.29 is 9.00 Å². The van der Waals surface area contributed by atoms with Crippen LogP contribution in [-0.4, -0.2) is 21.4 Å². The van der Waals surface area contributed by atoms with Gasteiger partial charge in [0.15, 0.2) is 0 Å². The average molecular weight is 324 g/mol. The molecule has 1 amide bonds. The molecule has 0 saturated carbocycles. The summed E-state index contributed by atoms with van der Waals surface area (Å²) in [5.41, 5.74) is 2.86. The van der Waals surface area contributed by atoms with Crippen LogP contribution in [0, 0.1) is 0 Å². The number of benzene rings is 2. The van der Waals surface area contributed by atoms with E-state index in [1.165, 1.54) is 0 Å². The van der Waals surface area contributed by atoms with Gasteiger partial charge in [0.1, 0.15) is 0 Å². The van der Waals surface area contributed by atoms with Crippen LogP contribution in [0.15, 0.2) is 60.8 Å². The van der Waals surface area contributed by atoms with E-state index < -0.39 is 10.8 Å². The van der Waals surface area contributed by atoms with Crippen molar-refractivity contribution in [2.45, 2.75) is 5.75 Å². The Bertz CT molecular complexity index is 888. The molecule has 0 bridgehead atoms. The van der Waals surface area contributed by atoms with Gasteiger partial charge in [-0.1, -0.05) is 30.3 Å². The molecule has 0 fully saturated rings. The normalized spacial score (nSPS) is 12.0. The minimum absolute atomic E-state index is 0.202. The summed E-state index contributed by atoms with van der Waals surface area (Å²) >= 11 is 0. The zero-order valence-corrected chi connectivity index (χ0v) is 13.5. The monoisotopic (exact) mass is 324 g/mol. The van der Waals surface area contributed by atoms with Crippen LogP contribution >= 0.6 is 0 Å². The Kier molecular flexibility index (Phi) is 4.48. The van der Waals surface area contributed by atoms with Gasteiger partial charge < -0.3 is 5.32 Å². The van der Waals surface area contributed by atoms with Crippen LogP contribution in [0.25, 0.3) is 10.9 Å². The Morgan fingerprint density at radius 3 is 2.74 bits per heavy atom. The van der Waals surface area contributed by atoms with Gasteiger partial charge in [-0.05, 0) is 29.8 Å². The molecule has 1 aromatic heterocycles. The van der Waals surface area contributed by atoms with Crippen LogP contribution in [0.3, 0.4) is 0 Å². The molecular formula is C18H16N2O2S. The van der Waals surface area contributed by atoms with E-state index in [1.54, 1.807) is 30.7 Å². The molecule has 0 radical (unpaired) electrons. The summed E-state index contributed by atoms with van der Waals surface area (Å²) in [5.74, 6) is 0.239. The molecule has 0 spiro atoms. The summed E-state index contributed by atoms with van der Waals surface area (Å²) in [6, 6.07) is 16.7. The van der Waals surface area contributed by atoms with E-state index >= 15 is 0 Å². The molecule has 5 heteroatoms. The van der Waals surface area contributed by atoms with Gasteiger partial charge in [-0.2, -0.15) is 0 Å². The van der Waals surface area contributed by atoms with E-state index in [4.69, 9.17) is 0 Å². The molecule has 2 aromatic carbocycles. The lowest BCUT2D eigenvalue weighted by Crippen LogP contribution is -2.12. The maximum absolute atomic E-state index is 12.5. The number of rotatable bonds is 4. The molecule has 1 heterocycles.